The molecule has 0 radical (unpaired) electrons. The molecular formula is C15H14BrN3S2. The fourth-order valence-corrected chi connectivity index (χ4v) is 3.98. The van der Waals surface area contributed by atoms with Gasteiger partial charge in [-0.2, -0.15) is 0 Å². The maximum Gasteiger partial charge on any atom is 0.206 e. The SMILES string of the molecule is CSC1=NC(c2cccc(Br)c2)(c2csc(C)c2)N=C1N. The Balaban J connectivity index is 2.25. The van der Waals surface area contributed by atoms with Crippen molar-refractivity contribution >= 4 is 49.9 Å². The van der Waals surface area contributed by atoms with E-state index in [1.54, 1.807) is 11.3 Å². The first-order chi connectivity index (χ1) is 10.0. The van der Waals surface area contributed by atoms with E-state index < -0.39 is 5.66 Å². The Kier molecular flexibility index (Phi) is 3.94. The highest BCUT2D eigenvalue weighted by molar-refractivity contribution is 9.10. The topological polar surface area (TPSA) is 50.7 Å². The number of nitrogens with zero attached hydrogens (tertiary/aromatic N) is 2. The zero-order chi connectivity index (χ0) is 15.0. The molecule has 0 amide bonds. The van der Waals surface area contributed by atoms with E-state index in [-0.39, 0.29) is 0 Å². The summed E-state index contributed by atoms with van der Waals surface area (Å²) in [5.41, 5.74) is 7.40. The molecule has 1 aromatic carbocycles. The highest BCUT2D eigenvalue weighted by Gasteiger charge is 2.39. The van der Waals surface area contributed by atoms with Gasteiger partial charge in [0.05, 0.1) is 0 Å². The van der Waals surface area contributed by atoms with Crippen LogP contribution in [0.25, 0.3) is 0 Å². The molecule has 1 aliphatic rings. The molecule has 6 heteroatoms. The third kappa shape index (κ3) is 2.56. The summed E-state index contributed by atoms with van der Waals surface area (Å²) in [4.78, 5) is 10.8. The number of benzene rings is 1. The van der Waals surface area contributed by atoms with Gasteiger partial charge >= 0.3 is 0 Å². The second kappa shape index (κ2) is 5.59. The Morgan fingerprint density at radius 2 is 2.05 bits per heavy atom. The molecule has 2 N–H and O–H groups in total. The number of rotatable bonds is 2. The number of aryl methyl sites for hydroxylation is 1. The van der Waals surface area contributed by atoms with Gasteiger partial charge in [0.25, 0.3) is 0 Å². The highest BCUT2D eigenvalue weighted by Crippen LogP contribution is 2.41. The van der Waals surface area contributed by atoms with Crippen LogP contribution in [0, 0.1) is 6.92 Å². The van der Waals surface area contributed by atoms with Crippen LogP contribution < -0.4 is 5.73 Å². The smallest absolute Gasteiger partial charge is 0.206 e. The monoisotopic (exact) mass is 379 g/mol. The lowest BCUT2D eigenvalue weighted by Crippen LogP contribution is -2.21. The molecule has 3 rings (SSSR count). The Morgan fingerprint density at radius 1 is 1.24 bits per heavy atom. The number of hydrogen-bond donors (Lipinski definition) is 1. The second-order valence-electron chi connectivity index (χ2n) is 4.75. The zero-order valence-corrected chi connectivity index (χ0v) is 14.8. The van der Waals surface area contributed by atoms with Gasteiger partial charge in [0.15, 0.2) is 5.84 Å². The third-order valence-corrected chi connectivity index (χ3v) is 5.36. The Bertz CT molecular complexity index is 751. The van der Waals surface area contributed by atoms with E-state index in [1.807, 2.05) is 24.5 Å². The Hall–Kier alpha value is -1.11. The lowest BCUT2D eigenvalue weighted by atomic mass is 9.94. The summed E-state index contributed by atoms with van der Waals surface area (Å²) in [7, 11) is 0. The van der Waals surface area contributed by atoms with E-state index in [0.29, 0.717) is 5.84 Å². The van der Waals surface area contributed by atoms with E-state index in [4.69, 9.17) is 15.7 Å². The molecule has 2 heterocycles. The Morgan fingerprint density at radius 3 is 2.62 bits per heavy atom. The molecule has 0 fully saturated rings. The van der Waals surface area contributed by atoms with Crippen LogP contribution in [0.3, 0.4) is 0 Å². The number of nitrogens with two attached hydrogens (primary N) is 1. The Labute approximate surface area is 140 Å². The van der Waals surface area contributed by atoms with E-state index in [2.05, 4.69) is 40.4 Å². The summed E-state index contributed by atoms with van der Waals surface area (Å²) in [6.45, 7) is 2.09. The van der Waals surface area contributed by atoms with Gasteiger partial charge in [-0.05, 0) is 36.8 Å². The van der Waals surface area contributed by atoms with E-state index >= 15 is 0 Å². The number of halogens is 1. The quantitative estimate of drug-likeness (QED) is 0.851. The fourth-order valence-electron chi connectivity index (χ4n) is 2.36. The minimum atomic E-state index is -0.753. The van der Waals surface area contributed by atoms with Crippen LogP contribution in [-0.2, 0) is 5.66 Å². The van der Waals surface area contributed by atoms with Crippen LogP contribution in [0.5, 0.6) is 0 Å². The van der Waals surface area contributed by atoms with E-state index in [9.17, 15) is 0 Å². The van der Waals surface area contributed by atoms with Gasteiger partial charge in [0.1, 0.15) is 5.04 Å². The normalized spacial score (nSPS) is 21.3. The molecule has 1 atom stereocenters. The number of thiophene rings is 1. The average Bonchev–Trinajstić information content (AvgIpc) is 3.03. The predicted octanol–water partition coefficient (Wildman–Crippen LogP) is 4.15. The minimum absolute atomic E-state index is 0.506. The van der Waals surface area contributed by atoms with Crippen molar-refractivity contribution in [2.45, 2.75) is 12.6 Å². The van der Waals surface area contributed by atoms with Gasteiger partial charge in [0, 0.05) is 20.5 Å². The van der Waals surface area contributed by atoms with Crippen LogP contribution in [0.4, 0.5) is 0 Å². The molecule has 3 nitrogen and oxygen atoms in total. The van der Waals surface area contributed by atoms with Crippen LogP contribution in [-0.4, -0.2) is 17.1 Å². The van der Waals surface area contributed by atoms with Crippen molar-refractivity contribution in [3.8, 4) is 0 Å². The standard InChI is InChI=1S/C15H14BrN3S2/c1-9-6-11(8-21-9)15(10-4-3-5-12(16)7-10)18-13(17)14(19-15)20-2/h3-8H,1-2H3,(H2,17,18). The molecule has 21 heavy (non-hydrogen) atoms. The molecule has 0 spiro atoms. The number of amidine groups is 1. The van der Waals surface area contributed by atoms with Crippen LogP contribution in [0.2, 0.25) is 0 Å². The molecule has 2 aromatic rings. The first-order valence-electron chi connectivity index (χ1n) is 6.36. The van der Waals surface area contributed by atoms with Crippen molar-refractivity contribution in [3.63, 3.8) is 0 Å². The van der Waals surface area contributed by atoms with Gasteiger partial charge in [-0.3, -0.25) is 0 Å². The summed E-state index contributed by atoms with van der Waals surface area (Å²) in [5, 5.41) is 2.90. The molecule has 1 aliphatic heterocycles. The maximum atomic E-state index is 6.07. The molecule has 0 saturated carbocycles. The summed E-state index contributed by atoms with van der Waals surface area (Å²) >= 11 is 6.76. The fraction of sp³-hybridized carbons (Fsp3) is 0.200. The maximum absolute atomic E-state index is 6.07. The molecule has 1 unspecified atom stereocenters. The van der Waals surface area contributed by atoms with Crippen molar-refractivity contribution < 1.29 is 0 Å². The largest absolute Gasteiger partial charge is 0.382 e. The van der Waals surface area contributed by atoms with Crippen LogP contribution in [0.15, 0.2) is 50.2 Å². The number of aliphatic imine (C=N–C) groups is 2. The van der Waals surface area contributed by atoms with Gasteiger partial charge in [-0.15, -0.1) is 23.1 Å². The van der Waals surface area contributed by atoms with E-state index in [0.717, 1.165) is 20.6 Å². The number of thioether (sulfide) groups is 1. The molecule has 0 bridgehead atoms. The second-order valence-corrected chi connectivity index (χ2v) is 7.57. The molecule has 108 valence electrons. The summed E-state index contributed by atoms with van der Waals surface area (Å²) in [5.74, 6) is 0.506. The van der Waals surface area contributed by atoms with Gasteiger partial charge in [-0.25, -0.2) is 9.98 Å². The minimum Gasteiger partial charge on any atom is -0.382 e. The van der Waals surface area contributed by atoms with E-state index in [1.165, 1.54) is 16.6 Å². The van der Waals surface area contributed by atoms with Crippen molar-refractivity contribution in [1.29, 1.82) is 0 Å². The lowest BCUT2D eigenvalue weighted by Gasteiger charge is -2.23. The molecular weight excluding hydrogens is 366 g/mol. The van der Waals surface area contributed by atoms with Gasteiger partial charge in [-0.1, -0.05) is 28.1 Å². The number of hydrogen-bond acceptors (Lipinski definition) is 5. The molecule has 0 aliphatic carbocycles. The van der Waals surface area contributed by atoms with Gasteiger partial charge in [0.2, 0.25) is 5.66 Å². The molecule has 0 saturated heterocycles. The summed E-state index contributed by atoms with van der Waals surface area (Å²) < 4.78 is 1.01. The van der Waals surface area contributed by atoms with Crippen molar-refractivity contribution in [1.82, 2.24) is 0 Å². The first kappa shape index (κ1) is 14.8. The average molecular weight is 380 g/mol. The molecule has 1 aromatic heterocycles. The van der Waals surface area contributed by atoms with Crippen LogP contribution in [0.1, 0.15) is 16.0 Å². The van der Waals surface area contributed by atoms with Crippen molar-refractivity contribution in [3.05, 3.63) is 56.2 Å². The van der Waals surface area contributed by atoms with Crippen LogP contribution >= 0.6 is 39.0 Å². The predicted molar refractivity (Wildman–Crippen MR) is 96.6 cm³/mol. The first-order valence-corrected chi connectivity index (χ1v) is 9.26. The third-order valence-electron chi connectivity index (χ3n) is 3.32. The van der Waals surface area contributed by atoms with Gasteiger partial charge < -0.3 is 5.73 Å². The highest BCUT2D eigenvalue weighted by atomic mass is 79.9. The lowest BCUT2D eigenvalue weighted by molar-refractivity contribution is 0.591. The summed E-state index contributed by atoms with van der Waals surface area (Å²) in [6, 6.07) is 10.2. The summed E-state index contributed by atoms with van der Waals surface area (Å²) in [6.07, 6.45) is 1.97. The zero-order valence-electron chi connectivity index (χ0n) is 11.6. The van der Waals surface area contributed by atoms with Crippen molar-refractivity contribution in [2.75, 3.05) is 6.26 Å². The van der Waals surface area contributed by atoms with Crippen molar-refractivity contribution in [2.24, 2.45) is 15.7 Å².